The third-order valence-electron chi connectivity index (χ3n) is 4.22. The highest BCUT2D eigenvalue weighted by Crippen LogP contribution is 2.28. The number of nitrogens with zero attached hydrogens (tertiary/aromatic N) is 2. The molecule has 1 fully saturated rings. The molecule has 2 N–H and O–H groups in total. The molecule has 0 spiro atoms. The van der Waals surface area contributed by atoms with Crippen LogP contribution in [0.3, 0.4) is 0 Å². The van der Waals surface area contributed by atoms with Crippen LogP contribution in [0.5, 0.6) is 0 Å². The number of para-hydroxylation sites is 1. The molecule has 1 saturated heterocycles. The molecule has 2 atom stereocenters. The minimum Gasteiger partial charge on any atom is -0.380 e. The second kappa shape index (κ2) is 5.87. The zero-order valence-electron chi connectivity index (χ0n) is 11.8. The van der Waals surface area contributed by atoms with E-state index in [1.54, 1.807) is 0 Å². The van der Waals surface area contributed by atoms with Crippen LogP contribution in [0.25, 0.3) is 10.9 Å². The minimum atomic E-state index is 0.181. The highest BCUT2D eigenvalue weighted by Gasteiger charge is 2.27. The molecule has 0 saturated carbocycles. The van der Waals surface area contributed by atoms with Gasteiger partial charge in [-0.15, -0.1) is 0 Å². The lowest BCUT2D eigenvalue weighted by molar-refractivity contribution is 0.135. The van der Waals surface area contributed by atoms with Crippen molar-refractivity contribution in [2.75, 3.05) is 26.8 Å². The molecule has 20 heavy (non-hydrogen) atoms. The van der Waals surface area contributed by atoms with Crippen molar-refractivity contribution in [2.24, 2.45) is 5.73 Å². The predicted molar refractivity (Wildman–Crippen MR) is 80.5 cm³/mol. The number of likely N-dealkylation sites (N-methyl/N-ethyl adjacent to an activating group) is 1. The van der Waals surface area contributed by atoms with E-state index in [0.717, 1.165) is 25.2 Å². The number of pyridine rings is 1. The Morgan fingerprint density at radius 1 is 1.40 bits per heavy atom. The number of rotatable bonds is 4. The Kier molecular flexibility index (Phi) is 3.96. The van der Waals surface area contributed by atoms with Crippen molar-refractivity contribution in [3.05, 3.63) is 42.1 Å². The van der Waals surface area contributed by atoms with Crippen LogP contribution in [-0.4, -0.2) is 42.7 Å². The van der Waals surface area contributed by atoms with E-state index in [2.05, 4.69) is 41.2 Å². The van der Waals surface area contributed by atoms with E-state index in [9.17, 15) is 0 Å². The molecule has 1 aliphatic heterocycles. The molecule has 0 aliphatic carbocycles. The van der Waals surface area contributed by atoms with Crippen molar-refractivity contribution in [3.8, 4) is 0 Å². The van der Waals surface area contributed by atoms with Crippen LogP contribution in [-0.2, 0) is 4.74 Å². The average Bonchev–Trinajstić information content (AvgIpc) is 3.02. The summed E-state index contributed by atoms with van der Waals surface area (Å²) in [6, 6.07) is 11.0. The Bertz CT molecular complexity index is 575. The molecule has 1 aliphatic rings. The first-order chi connectivity index (χ1) is 9.81. The van der Waals surface area contributed by atoms with Crippen LogP contribution in [0.1, 0.15) is 18.0 Å². The summed E-state index contributed by atoms with van der Waals surface area (Å²) in [6.45, 7) is 2.23. The lowest BCUT2D eigenvalue weighted by atomic mass is 10.00. The molecule has 106 valence electrons. The highest BCUT2D eigenvalue weighted by molar-refractivity contribution is 5.82. The lowest BCUT2D eigenvalue weighted by Crippen LogP contribution is -2.39. The third kappa shape index (κ3) is 2.42. The molecule has 1 aromatic heterocycles. The number of fused-ring (bicyclic) bond motifs is 1. The zero-order valence-corrected chi connectivity index (χ0v) is 11.8. The predicted octanol–water partition coefficient (Wildman–Crippen LogP) is 1.96. The Morgan fingerprint density at radius 2 is 2.25 bits per heavy atom. The second-order valence-electron chi connectivity index (χ2n) is 5.36. The van der Waals surface area contributed by atoms with Crippen molar-refractivity contribution in [2.45, 2.75) is 18.5 Å². The molecular weight excluding hydrogens is 250 g/mol. The second-order valence-corrected chi connectivity index (χ2v) is 5.36. The number of aromatic nitrogens is 1. The smallest absolute Gasteiger partial charge is 0.0750 e. The molecule has 0 bridgehead atoms. The Morgan fingerprint density at radius 3 is 3.00 bits per heavy atom. The lowest BCUT2D eigenvalue weighted by Gasteiger charge is -2.32. The van der Waals surface area contributed by atoms with E-state index >= 15 is 0 Å². The standard InChI is InChI=1S/C16H21N3O/c1-19(13-7-9-20-11-13)15(10-17)14-6-2-4-12-5-3-8-18-16(12)14/h2-6,8,13,15H,7,9-11,17H2,1H3. The van der Waals surface area contributed by atoms with Gasteiger partial charge in [-0.25, -0.2) is 0 Å². The summed E-state index contributed by atoms with van der Waals surface area (Å²) in [6.07, 6.45) is 2.92. The Balaban J connectivity index is 1.98. The van der Waals surface area contributed by atoms with Gasteiger partial charge in [-0.1, -0.05) is 24.3 Å². The van der Waals surface area contributed by atoms with Crippen molar-refractivity contribution in [3.63, 3.8) is 0 Å². The van der Waals surface area contributed by atoms with Crippen LogP contribution >= 0.6 is 0 Å². The number of benzene rings is 1. The summed E-state index contributed by atoms with van der Waals surface area (Å²) in [5.74, 6) is 0. The van der Waals surface area contributed by atoms with Gasteiger partial charge in [0.05, 0.1) is 12.1 Å². The van der Waals surface area contributed by atoms with Crippen LogP contribution in [0, 0.1) is 0 Å². The SMILES string of the molecule is CN(C1CCOC1)C(CN)c1cccc2cccnc12. The monoisotopic (exact) mass is 271 g/mol. The van der Waals surface area contributed by atoms with E-state index in [1.807, 2.05) is 12.3 Å². The molecule has 3 rings (SSSR count). The van der Waals surface area contributed by atoms with E-state index in [-0.39, 0.29) is 6.04 Å². The van der Waals surface area contributed by atoms with E-state index in [0.29, 0.717) is 12.6 Å². The van der Waals surface area contributed by atoms with Crippen molar-refractivity contribution < 1.29 is 4.74 Å². The molecule has 1 aromatic carbocycles. The van der Waals surface area contributed by atoms with Crippen molar-refractivity contribution in [1.29, 1.82) is 0 Å². The summed E-state index contributed by atoms with van der Waals surface area (Å²) in [4.78, 5) is 6.89. The first-order valence-corrected chi connectivity index (χ1v) is 7.14. The van der Waals surface area contributed by atoms with Gasteiger partial charge in [0.1, 0.15) is 0 Å². The highest BCUT2D eigenvalue weighted by atomic mass is 16.5. The van der Waals surface area contributed by atoms with Gasteiger partial charge in [0.25, 0.3) is 0 Å². The quantitative estimate of drug-likeness (QED) is 0.923. The maximum atomic E-state index is 6.05. The number of ether oxygens (including phenoxy) is 1. The zero-order chi connectivity index (χ0) is 13.9. The molecule has 0 amide bonds. The fourth-order valence-electron chi connectivity index (χ4n) is 3.01. The maximum absolute atomic E-state index is 6.05. The first kappa shape index (κ1) is 13.5. The van der Waals surface area contributed by atoms with Crippen molar-refractivity contribution >= 4 is 10.9 Å². The fourth-order valence-corrected chi connectivity index (χ4v) is 3.01. The third-order valence-corrected chi connectivity index (χ3v) is 4.22. The van der Waals surface area contributed by atoms with E-state index in [1.165, 1.54) is 10.9 Å². The van der Waals surface area contributed by atoms with Crippen molar-refractivity contribution in [1.82, 2.24) is 9.88 Å². The van der Waals surface area contributed by atoms with Gasteiger partial charge in [0.15, 0.2) is 0 Å². The molecule has 2 aromatic rings. The van der Waals surface area contributed by atoms with Gasteiger partial charge in [-0.2, -0.15) is 0 Å². The number of nitrogens with two attached hydrogens (primary N) is 1. The van der Waals surface area contributed by atoms with Gasteiger partial charge in [0.2, 0.25) is 0 Å². The van der Waals surface area contributed by atoms with Gasteiger partial charge >= 0.3 is 0 Å². The number of hydrogen-bond acceptors (Lipinski definition) is 4. The topological polar surface area (TPSA) is 51.4 Å². The fraction of sp³-hybridized carbons (Fsp3) is 0.438. The average molecular weight is 271 g/mol. The largest absolute Gasteiger partial charge is 0.380 e. The van der Waals surface area contributed by atoms with Gasteiger partial charge in [-0.3, -0.25) is 9.88 Å². The molecule has 0 radical (unpaired) electrons. The van der Waals surface area contributed by atoms with E-state index in [4.69, 9.17) is 10.5 Å². The summed E-state index contributed by atoms with van der Waals surface area (Å²) < 4.78 is 5.50. The van der Waals surface area contributed by atoms with E-state index < -0.39 is 0 Å². The maximum Gasteiger partial charge on any atom is 0.0750 e. The van der Waals surface area contributed by atoms with Crippen LogP contribution in [0.2, 0.25) is 0 Å². The van der Waals surface area contributed by atoms with Crippen LogP contribution in [0.4, 0.5) is 0 Å². The molecule has 2 heterocycles. The number of hydrogen-bond donors (Lipinski definition) is 1. The normalized spacial score (nSPS) is 20.6. The molecule has 2 unspecified atom stereocenters. The molecule has 4 heteroatoms. The first-order valence-electron chi connectivity index (χ1n) is 7.14. The minimum absolute atomic E-state index is 0.181. The summed E-state index contributed by atoms with van der Waals surface area (Å²) in [7, 11) is 2.14. The van der Waals surface area contributed by atoms with Crippen LogP contribution < -0.4 is 5.73 Å². The Labute approximate surface area is 119 Å². The molecular formula is C16H21N3O. The summed E-state index contributed by atoms with van der Waals surface area (Å²) in [5.41, 5.74) is 8.31. The summed E-state index contributed by atoms with van der Waals surface area (Å²) in [5, 5.41) is 1.17. The van der Waals surface area contributed by atoms with Gasteiger partial charge in [0, 0.05) is 36.8 Å². The van der Waals surface area contributed by atoms with Gasteiger partial charge in [-0.05, 0) is 25.1 Å². The van der Waals surface area contributed by atoms with Crippen LogP contribution in [0.15, 0.2) is 36.5 Å². The summed E-state index contributed by atoms with van der Waals surface area (Å²) >= 11 is 0. The Hall–Kier alpha value is -1.49. The molecule has 4 nitrogen and oxygen atoms in total. The van der Waals surface area contributed by atoms with Gasteiger partial charge < -0.3 is 10.5 Å².